The number of benzene rings is 2. The molecule has 2 aromatic carbocycles. The third-order valence-corrected chi connectivity index (χ3v) is 3.14. The van der Waals surface area contributed by atoms with Crippen molar-refractivity contribution in [3.05, 3.63) is 48.0 Å². The lowest BCUT2D eigenvalue weighted by Crippen LogP contribution is -2.12. The van der Waals surface area contributed by atoms with Gasteiger partial charge in [-0.15, -0.1) is 0 Å². The predicted molar refractivity (Wildman–Crippen MR) is 88.0 cm³/mol. The van der Waals surface area contributed by atoms with Crippen LogP contribution in [0.5, 0.6) is 23.0 Å². The van der Waals surface area contributed by atoms with E-state index >= 15 is 0 Å². The molecular weight excluding hydrogens is 312 g/mol. The average molecular weight is 332 g/mol. The van der Waals surface area contributed by atoms with Gasteiger partial charge in [-0.3, -0.25) is 0 Å². The molecule has 2 rings (SSSR count). The molecule has 0 amide bonds. The van der Waals surface area contributed by atoms with Gasteiger partial charge in [-0.25, -0.2) is 4.79 Å². The second-order valence-corrected chi connectivity index (χ2v) is 4.77. The minimum Gasteiger partial charge on any atom is -0.507 e. The maximum absolute atomic E-state index is 12.0. The maximum atomic E-state index is 12.0. The highest BCUT2D eigenvalue weighted by atomic mass is 16.6. The van der Waals surface area contributed by atoms with Crippen LogP contribution < -0.4 is 14.2 Å². The number of aromatic hydroxyl groups is 1. The second-order valence-electron chi connectivity index (χ2n) is 4.77. The topological polar surface area (TPSA) is 74.2 Å². The molecule has 6 nitrogen and oxygen atoms in total. The number of methoxy groups -OCH3 is 1. The van der Waals surface area contributed by atoms with E-state index in [1.165, 1.54) is 19.2 Å². The Labute approximate surface area is 140 Å². The van der Waals surface area contributed by atoms with Crippen LogP contribution in [0.3, 0.4) is 0 Å². The smallest absolute Gasteiger partial charge is 0.342 e. The molecule has 0 aliphatic heterocycles. The molecule has 1 N–H and O–H groups in total. The number of carbonyl (C=O) groups excluding carboxylic acids is 1. The van der Waals surface area contributed by atoms with Gasteiger partial charge in [0.1, 0.15) is 41.8 Å². The molecular formula is C18H20O6. The van der Waals surface area contributed by atoms with E-state index in [0.29, 0.717) is 18.1 Å². The van der Waals surface area contributed by atoms with E-state index < -0.39 is 5.97 Å². The maximum Gasteiger partial charge on any atom is 0.342 e. The Morgan fingerprint density at radius 2 is 1.58 bits per heavy atom. The molecule has 0 spiro atoms. The first-order chi connectivity index (χ1) is 11.6. The molecule has 0 bridgehead atoms. The molecule has 2 aromatic rings. The molecule has 0 atom stereocenters. The first-order valence-electron chi connectivity index (χ1n) is 7.54. The molecule has 128 valence electrons. The second kappa shape index (κ2) is 8.67. The molecule has 0 aromatic heterocycles. The minimum atomic E-state index is -0.637. The van der Waals surface area contributed by atoms with Crippen LogP contribution in [0.4, 0.5) is 0 Å². The number of phenols is 1. The van der Waals surface area contributed by atoms with Gasteiger partial charge in [-0.2, -0.15) is 0 Å². The zero-order valence-corrected chi connectivity index (χ0v) is 13.7. The molecule has 0 aliphatic rings. The van der Waals surface area contributed by atoms with Crippen molar-refractivity contribution in [2.75, 3.05) is 26.9 Å². The Balaban J connectivity index is 1.80. The van der Waals surface area contributed by atoms with E-state index in [2.05, 4.69) is 0 Å². The zero-order chi connectivity index (χ0) is 17.4. The van der Waals surface area contributed by atoms with Crippen molar-refractivity contribution in [2.24, 2.45) is 0 Å². The van der Waals surface area contributed by atoms with E-state index in [4.69, 9.17) is 18.9 Å². The van der Waals surface area contributed by atoms with Gasteiger partial charge in [0.05, 0.1) is 13.7 Å². The number of hydrogen-bond acceptors (Lipinski definition) is 6. The molecule has 0 heterocycles. The summed E-state index contributed by atoms with van der Waals surface area (Å²) < 4.78 is 20.9. The van der Waals surface area contributed by atoms with Gasteiger partial charge in [-0.1, -0.05) is 0 Å². The highest BCUT2D eigenvalue weighted by molar-refractivity contribution is 5.92. The lowest BCUT2D eigenvalue weighted by atomic mass is 10.2. The molecule has 0 radical (unpaired) electrons. The number of ether oxygens (including phenoxy) is 4. The van der Waals surface area contributed by atoms with Gasteiger partial charge in [0.2, 0.25) is 0 Å². The Hall–Kier alpha value is -2.89. The highest BCUT2D eigenvalue weighted by Crippen LogP contribution is 2.23. The van der Waals surface area contributed by atoms with E-state index in [1.807, 2.05) is 6.92 Å². The van der Waals surface area contributed by atoms with E-state index in [-0.39, 0.29) is 24.5 Å². The molecule has 0 fully saturated rings. The van der Waals surface area contributed by atoms with Crippen molar-refractivity contribution < 1.29 is 28.8 Å². The predicted octanol–water partition coefficient (Wildman–Crippen LogP) is 3.04. The van der Waals surface area contributed by atoms with Crippen molar-refractivity contribution in [3.63, 3.8) is 0 Å². The minimum absolute atomic E-state index is 0.0513. The SMILES string of the molecule is CCOc1ccc(OCCOC(=O)c2cc(OC)ccc2O)cc1. The van der Waals surface area contributed by atoms with Crippen LogP contribution in [-0.2, 0) is 4.74 Å². The van der Waals surface area contributed by atoms with Crippen LogP contribution in [-0.4, -0.2) is 38.0 Å². The normalized spacial score (nSPS) is 10.1. The summed E-state index contributed by atoms with van der Waals surface area (Å²) in [7, 11) is 1.48. The molecule has 6 heteroatoms. The first kappa shape index (κ1) is 17.5. The summed E-state index contributed by atoms with van der Waals surface area (Å²) in [5.74, 6) is 1.09. The Morgan fingerprint density at radius 3 is 2.21 bits per heavy atom. The summed E-state index contributed by atoms with van der Waals surface area (Å²) in [5, 5.41) is 9.71. The summed E-state index contributed by atoms with van der Waals surface area (Å²) >= 11 is 0. The molecule has 0 unspecified atom stereocenters. The Bertz CT molecular complexity index is 666. The lowest BCUT2D eigenvalue weighted by molar-refractivity contribution is 0.0447. The average Bonchev–Trinajstić information content (AvgIpc) is 2.60. The van der Waals surface area contributed by atoms with Gasteiger partial charge >= 0.3 is 5.97 Å². The summed E-state index contributed by atoms with van der Waals surface area (Å²) in [6, 6.07) is 11.5. The van der Waals surface area contributed by atoms with Gasteiger partial charge in [0.25, 0.3) is 0 Å². The van der Waals surface area contributed by atoms with Crippen molar-refractivity contribution in [3.8, 4) is 23.0 Å². The lowest BCUT2D eigenvalue weighted by Gasteiger charge is -2.10. The van der Waals surface area contributed by atoms with Crippen LogP contribution in [0.2, 0.25) is 0 Å². The fourth-order valence-electron chi connectivity index (χ4n) is 1.98. The van der Waals surface area contributed by atoms with Gasteiger partial charge in [0.15, 0.2) is 0 Å². The largest absolute Gasteiger partial charge is 0.507 e. The first-order valence-corrected chi connectivity index (χ1v) is 7.54. The summed E-state index contributed by atoms with van der Waals surface area (Å²) in [6.07, 6.45) is 0. The third kappa shape index (κ3) is 4.81. The van der Waals surface area contributed by atoms with Gasteiger partial charge in [-0.05, 0) is 49.4 Å². The van der Waals surface area contributed by atoms with E-state index in [9.17, 15) is 9.90 Å². The Morgan fingerprint density at radius 1 is 0.958 bits per heavy atom. The van der Waals surface area contributed by atoms with E-state index in [0.717, 1.165) is 5.75 Å². The van der Waals surface area contributed by atoms with Gasteiger partial charge < -0.3 is 24.1 Å². The third-order valence-electron chi connectivity index (χ3n) is 3.14. The number of phenolic OH excluding ortho intramolecular Hbond substituents is 1. The number of carbonyl (C=O) groups is 1. The van der Waals surface area contributed by atoms with Crippen molar-refractivity contribution in [1.29, 1.82) is 0 Å². The Kier molecular flexibility index (Phi) is 6.31. The number of hydrogen-bond donors (Lipinski definition) is 1. The van der Waals surface area contributed by atoms with Crippen molar-refractivity contribution in [1.82, 2.24) is 0 Å². The van der Waals surface area contributed by atoms with Crippen LogP contribution in [0.15, 0.2) is 42.5 Å². The molecule has 0 saturated heterocycles. The van der Waals surface area contributed by atoms with E-state index in [1.54, 1.807) is 30.3 Å². The van der Waals surface area contributed by atoms with Gasteiger partial charge in [0, 0.05) is 0 Å². The monoisotopic (exact) mass is 332 g/mol. The molecule has 0 aliphatic carbocycles. The standard InChI is InChI=1S/C18H20O6/c1-3-22-13-4-6-14(7-5-13)23-10-11-24-18(20)16-12-15(21-2)8-9-17(16)19/h4-9,12,19H,3,10-11H2,1-2H3. The fourth-order valence-corrected chi connectivity index (χ4v) is 1.98. The van der Waals surface area contributed by atoms with Crippen molar-refractivity contribution in [2.45, 2.75) is 6.92 Å². The molecule has 24 heavy (non-hydrogen) atoms. The number of rotatable bonds is 8. The molecule has 0 saturated carbocycles. The summed E-state index contributed by atoms with van der Waals surface area (Å²) in [5.41, 5.74) is 0.0513. The quantitative estimate of drug-likeness (QED) is 0.592. The van der Waals surface area contributed by atoms with Crippen LogP contribution in [0.1, 0.15) is 17.3 Å². The van der Waals surface area contributed by atoms with Crippen LogP contribution >= 0.6 is 0 Å². The van der Waals surface area contributed by atoms with Crippen molar-refractivity contribution >= 4 is 5.97 Å². The summed E-state index contributed by atoms with van der Waals surface area (Å²) in [6.45, 7) is 2.78. The zero-order valence-electron chi connectivity index (χ0n) is 13.7. The highest BCUT2D eigenvalue weighted by Gasteiger charge is 2.13. The van der Waals surface area contributed by atoms with Crippen LogP contribution in [0, 0.1) is 0 Å². The fraction of sp³-hybridized carbons (Fsp3) is 0.278. The van der Waals surface area contributed by atoms with Crippen LogP contribution in [0.25, 0.3) is 0 Å². The number of esters is 1. The summed E-state index contributed by atoms with van der Waals surface area (Å²) in [4.78, 5) is 12.0.